The lowest BCUT2D eigenvalue weighted by Crippen LogP contribution is -2.48. The zero-order valence-corrected chi connectivity index (χ0v) is 16.5. The van der Waals surface area contributed by atoms with Crippen molar-refractivity contribution in [3.8, 4) is 0 Å². The van der Waals surface area contributed by atoms with E-state index in [4.69, 9.17) is 9.73 Å². The molecule has 1 saturated heterocycles. The third-order valence-corrected chi connectivity index (χ3v) is 5.52. The van der Waals surface area contributed by atoms with E-state index in [-0.39, 0.29) is 6.10 Å². The summed E-state index contributed by atoms with van der Waals surface area (Å²) in [5.74, 6) is 1.80. The molecule has 0 radical (unpaired) electrons. The summed E-state index contributed by atoms with van der Waals surface area (Å²) >= 11 is 0. The van der Waals surface area contributed by atoms with Crippen molar-refractivity contribution in [2.45, 2.75) is 58.0 Å². The number of nitrogens with zero attached hydrogens (tertiary/aromatic N) is 4. The maximum absolute atomic E-state index is 5.98. The maximum Gasteiger partial charge on any atom is 0.194 e. The van der Waals surface area contributed by atoms with E-state index in [2.05, 4.69) is 22.2 Å². The third kappa shape index (κ3) is 5.47. The zero-order valence-electron chi connectivity index (χ0n) is 16.5. The van der Waals surface area contributed by atoms with Crippen LogP contribution in [0.3, 0.4) is 0 Å². The van der Waals surface area contributed by atoms with Gasteiger partial charge in [0.25, 0.3) is 0 Å². The highest BCUT2D eigenvalue weighted by Gasteiger charge is 2.25. The van der Waals surface area contributed by atoms with Crippen LogP contribution in [0.2, 0.25) is 0 Å². The van der Waals surface area contributed by atoms with Crippen LogP contribution in [0.5, 0.6) is 0 Å². The number of rotatable bonds is 4. The van der Waals surface area contributed by atoms with Crippen molar-refractivity contribution in [3.05, 3.63) is 18.0 Å². The van der Waals surface area contributed by atoms with E-state index in [1.54, 1.807) is 0 Å². The van der Waals surface area contributed by atoms with Gasteiger partial charge in [-0.3, -0.25) is 9.67 Å². The monoisotopic (exact) mass is 361 g/mol. The predicted molar refractivity (Wildman–Crippen MR) is 105 cm³/mol. The average Bonchev–Trinajstić information content (AvgIpc) is 3.06. The number of aromatic nitrogens is 2. The van der Waals surface area contributed by atoms with Crippen LogP contribution < -0.4 is 5.32 Å². The van der Waals surface area contributed by atoms with Gasteiger partial charge >= 0.3 is 0 Å². The van der Waals surface area contributed by atoms with Gasteiger partial charge in [0.1, 0.15) is 6.10 Å². The molecule has 1 aromatic heterocycles. The van der Waals surface area contributed by atoms with Gasteiger partial charge in [0, 0.05) is 38.4 Å². The van der Waals surface area contributed by atoms with Gasteiger partial charge in [-0.15, -0.1) is 0 Å². The lowest BCUT2D eigenvalue weighted by molar-refractivity contribution is -0.00806. The highest BCUT2D eigenvalue weighted by molar-refractivity contribution is 5.80. The van der Waals surface area contributed by atoms with Gasteiger partial charge in [-0.1, -0.05) is 32.1 Å². The van der Waals surface area contributed by atoms with Crippen molar-refractivity contribution < 1.29 is 4.74 Å². The van der Waals surface area contributed by atoms with Crippen LogP contribution in [0.25, 0.3) is 0 Å². The van der Waals surface area contributed by atoms with Crippen LogP contribution >= 0.6 is 0 Å². The molecule has 6 nitrogen and oxygen atoms in total. The first-order valence-corrected chi connectivity index (χ1v) is 10.4. The quantitative estimate of drug-likeness (QED) is 0.661. The molecule has 1 unspecified atom stereocenters. The molecular weight excluding hydrogens is 326 g/mol. The molecule has 0 spiro atoms. The minimum Gasteiger partial charge on any atom is -0.370 e. The van der Waals surface area contributed by atoms with Gasteiger partial charge in [0.15, 0.2) is 5.96 Å². The molecule has 2 aliphatic rings. The number of hydrogen-bond acceptors (Lipinski definition) is 3. The highest BCUT2D eigenvalue weighted by Crippen LogP contribution is 2.24. The molecule has 1 saturated carbocycles. The minimum atomic E-state index is 0.0719. The van der Waals surface area contributed by atoms with Crippen molar-refractivity contribution in [1.29, 1.82) is 0 Å². The van der Waals surface area contributed by atoms with Crippen molar-refractivity contribution in [2.75, 3.05) is 32.8 Å². The first-order valence-electron chi connectivity index (χ1n) is 10.4. The van der Waals surface area contributed by atoms with Crippen molar-refractivity contribution in [3.63, 3.8) is 0 Å². The van der Waals surface area contributed by atoms with Crippen LogP contribution in [0.1, 0.15) is 63.5 Å². The van der Waals surface area contributed by atoms with Gasteiger partial charge in [-0.25, -0.2) is 0 Å². The minimum absolute atomic E-state index is 0.0719. The molecule has 1 aliphatic carbocycles. The van der Waals surface area contributed by atoms with E-state index in [0.717, 1.165) is 50.2 Å². The Balaban J connectivity index is 1.61. The van der Waals surface area contributed by atoms with Gasteiger partial charge in [-0.05, 0) is 25.7 Å². The summed E-state index contributed by atoms with van der Waals surface area (Å²) in [6.07, 6.45) is 13.7. The number of nitrogens with one attached hydrogen (secondary N) is 1. The standard InChI is InChI=1S/C20H35N5O/c1-3-21-20(22-13-17-9-7-5-4-6-8-10-17)25-11-12-26-19(16-25)18-14-23-24(2)15-18/h14-15,17,19H,3-13,16H2,1-2H3,(H,21,22). The molecule has 146 valence electrons. The van der Waals surface area contributed by atoms with Gasteiger partial charge in [0.2, 0.25) is 0 Å². The first-order chi connectivity index (χ1) is 12.8. The Hall–Kier alpha value is -1.56. The molecule has 0 aromatic carbocycles. The molecule has 1 atom stereocenters. The fraction of sp³-hybridized carbons (Fsp3) is 0.800. The molecule has 3 rings (SSSR count). The van der Waals surface area contributed by atoms with E-state index < -0.39 is 0 Å². The number of hydrogen-bond donors (Lipinski definition) is 1. The van der Waals surface area contributed by atoms with Crippen molar-refractivity contribution in [2.24, 2.45) is 18.0 Å². The van der Waals surface area contributed by atoms with Gasteiger partial charge in [-0.2, -0.15) is 5.10 Å². The Morgan fingerprint density at radius 2 is 2.04 bits per heavy atom. The molecular formula is C20H35N5O. The molecule has 0 amide bonds. The second kappa shape index (κ2) is 9.95. The molecule has 6 heteroatoms. The Labute approximate surface area is 158 Å². The Morgan fingerprint density at radius 1 is 1.27 bits per heavy atom. The van der Waals surface area contributed by atoms with Gasteiger partial charge in [0.05, 0.1) is 19.3 Å². The van der Waals surface area contributed by atoms with Crippen LogP contribution in [-0.4, -0.2) is 53.4 Å². The van der Waals surface area contributed by atoms with E-state index in [9.17, 15) is 0 Å². The first kappa shape index (κ1) is 19.2. The largest absolute Gasteiger partial charge is 0.370 e. The SMILES string of the molecule is CCNC(=NCC1CCCCCCC1)N1CCOC(c2cnn(C)c2)C1. The second-order valence-electron chi connectivity index (χ2n) is 7.66. The number of aryl methyl sites for hydroxylation is 1. The van der Waals surface area contributed by atoms with Crippen LogP contribution in [-0.2, 0) is 11.8 Å². The summed E-state index contributed by atoms with van der Waals surface area (Å²) in [5, 5.41) is 7.78. The normalized spacial score (nSPS) is 23.5. The Bertz CT molecular complexity index is 562. The second-order valence-corrected chi connectivity index (χ2v) is 7.66. The smallest absolute Gasteiger partial charge is 0.194 e. The fourth-order valence-electron chi connectivity index (χ4n) is 4.01. The number of ether oxygens (including phenoxy) is 1. The summed E-state index contributed by atoms with van der Waals surface area (Å²) in [5.41, 5.74) is 1.15. The van der Waals surface area contributed by atoms with Gasteiger partial charge < -0.3 is 15.0 Å². The third-order valence-electron chi connectivity index (χ3n) is 5.52. The fourth-order valence-corrected chi connectivity index (χ4v) is 4.01. The van der Waals surface area contributed by atoms with E-state index in [1.807, 2.05) is 24.1 Å². The molecule has 1 N–H and O–H groups in total. The number of aliphatic imine (C=N–C) groups is 1. The van der Waals surface area contributed by atoms with E-state index >= 15 is 0 Å². The maximum atomic E-state index is 5.98. The lowest BCUT2D eigenvalue weighted by atomic mass is 9.91. The summed E-state index contributed by atoms with van der Waals surface area (Å²) < 4.78 is 7.82. The number of guanidine groups is 1. The Morgan fingerprint density at radius 3 is 2.73 bits per heavy atom. The van der Waals surface area contributed by atoms with Crippen LogP contribution in [0.4, 0.5) is 0 Å². The average molecular weight is 362 g/mol. The van der Waals surface area contributed by atoms with Crippen LogP contribution in [0, 0.1) is 5.92 Å². The van der Waals surface area contributed by atoms with E-state index in [0.29, 0.717) is 0 Å². The molecule has 0 bridgehead atoms. The zero-order chi connectivity index (χ0) is 18.2. The molecule has 26 heavy (non-hydrogen) atoms. The molecule has 2 fully saturated rings. The van der Waals surface area contributed by atoms with Crippen molar-refractivity contribution >= 4 is 5.96 Å². The molecule has 1 aromatic rings. The number of morpholine rings is 1. The molecule has 2 heterocycles. The summed E-state index contributed by atoms with van der Waals surface area (Å²) in [7, 11) is 1.95. The van der Waals surface area contributed by atoms with Crippen LogP contribution in [0.15, 0.2) is 17.4 Å². The summed E-state index contributed by atoms with van der Waals surface area (Å²) in [6.45, 7) is 6.46. The predicted octanol–water partition coefficient (Wildman–Crippen LogP) is 3.12. The topological polar surface area (TPSA) is 54.7 Å². The van der Waals surface area contributed by atoms with E-state index in [1.165, 1.54) is 44.9 Å². The highest BCUT2D eigenvalue weighted by atomic mass is 16.5. The lowest BCUT2D eigenvalue weighted by Gasteiger charge is -2.35. The molecule has 1 aliphatic heterocycles. The van der Waals surface area contributed by atoms with Crippen molar-refractivity contribution in [1.82, 2.24) is 20.0 Å². The summed E-state index contributed by atoms with van der Waals surface area (Å²) in [4.78, 5) is 7.38. The summed E-state index contributed by atoms with van der Waals surface area (Å²) in [6, 6.07) is 0. The Kier molecular flexibility index (Phi) is 7.35.